The molecule has 0 saturated heterocycles. The minimum atomic E-state index is -3.01. The van der Waals surface area contributed by atoms with E-state index in [9.17, 15) is 8.42 Å². The molecular weight excluding hydrogens is 212 g/mol. The zero-order valence-corrected chi connectivity index (χ0v) is 10.3. The average Bonchev–Trinajstić information content (AvgIpc) is 2.10. The van der Waals surface area contributed by atoms with Crippen LogP contribution in [-0.4, -0.2) is 34.3 Å². The molecule has 0 aromatic heterocycles. The van der Waals surface area contributed by atoms with E-state index in [0.29, 0.717) is 12.5 Å². The Morgan fingerprint density at radius 1 is 1.27 bits per heavy atom. The van der Waals surface area contributed by atoms with E-state index in [2.05, 4.69) is 10.0 Å². The third-order valence-corrected chi connectivity index (χ3v) is 4.34. The molecule has 0 aromatic carbocycles. The van der Waals surface area contributed by atoms with Gasteiger partial charge in [-0.25, -0.2) is 13.1 Å². The molecule has 1 rings (SSSR count). The summed E-state index contributed by atoms with van der Waals surface area (Å²) < 4.78 is 25.7. The Balaban J connectivity index is 2.08. The Morgan fingerprint density at radius 3 is 2.53 bits per heavy atom. The van der Waals surface area contributed by atoms with Crippen LogP contribution in [0.15, 0.2) is 0 Å². The van der Waals surface area contributed by atoms with Gasteiger partial charge in [-0.05, 0) is 45.2 Å². The number of hydrogen-bond donors (Lipinski definition) is 2. The Bertz CT molecular complexity index is 261. The van der Waals surface area contributed by atoms with Gasteiger partial charge in [-0.1, -0.05) is 6.42 Å². The van der Waals surface area contributed by atoms with Crippen LogP contribution >= 0.6 is 0 Å². The molecular formula is C10H22N2O2S. The molecule has 0 amide bonds. The number of rotatable bonds is 8. The van der Waals surface area contributed by atoms with Crippen molar-refractivity contribution in [1.29, 1.82) is 0 Å². The van der Waals surface area contributed by atoms with Crippen LogP contribution in [0.5, 0.6) is 0 Å². The van der Waals surface area contributed by atoms with Gasteiger partial charge < -0.3 is 5.32 Å². The first kappa shape index (κ1) is 12.9. The zero-order valence-electron chi connectivity index (χ0n) is 9.46. The summed E-state index contributed by atoms with van der Waals surface area (Å²) in [5, 5.41) is 3.01. The van der Waals surface area contributed by atoms with E-state index in [0.717, 1.165) is 19.4 Å². The van der Waals surface area contributed by atoms with Crippen LogP contribution in [0.4, 0.5) is 0 Å². The molecule has 0 heterocycles. The SMILES string of the molecule is CNCCCCS(=O)(=O)NCC1CCC1. The maximum atomic E-state index is 11.5. The molecule has 5 heteroatoms. The average molecular weight is 234 g/mol. The number of sulfonamides is 1. The summed E-state index contributed by atoms with van der Waals surface area (Å²) in [7, 11) is -1.13. The summed E-state index contributed by atoms with van der Waals surface area (Å²) in [6, 6.07) is 0. The van der Waals surface area contributed by atoms with Gasteiger partial charge in [0, 0.05) is 6.54 Å². The van der Waals surface area contributed by atoms with Crippen molar-refractivity contribution in [3.63, 3.8) is 0 Å². The molecule has 1 saturated carbocycles. The predicted molar refractivity (Wildman–Crippen MR) is 62.3 cm³/mol. The van der Waals surface area contributed by atoms with Crippen LogP contribution in [0.25, 0.3) is 0 Å². The number of unbranched alkanes of at least 4 members (excludes halogenated alkanes) is 1. The maximum absolute atomic E-state index is 11.5. The van der Waals surface area contributed by atoms with Crippen molar-refractivity contribution in [2.75, 3.05) is 25.9 Å². The first-order chi connectivity index (χ1) is 7.14. The van der Waals surface area contributed by atoms with Crippen molar-refractivity contribution in [3.8, 4) is 0 Å². The fourth-order valence-electron chi connectivity index (χ4n) is 1.61. The molecule has 0 aliphatic heterocycles. The highest BCUT2D eigenvalue weighted by Crippen LogP contribution is 2.25. The highest BCUT2D eigenvalue weighted by atomic mass is 32.2. The lowest BCUT2D eigenvalue weighted by molar-refractivity contribution is 0.316. The van der Waals surface area contributed by atoms with Crippen LogP contribution in [0.2, 0.25) is 0 Å². The van der Waals surface area contributed by atoms with E-state index < -0.39 is 10.0 Å². The third kappa shape index (κ3) is 5.49. The summed E-state index contributed by atoms with van der Waals surface area (Å²) in [6.45, 7) is 1.53. The van der Waals surface area contributed by atoms with E-state index in [-0.39, 0.29) is 5.75 Å². The molecule has 15 heavy (non-hydrogen) atoms. The van der Waals surface area contributed by atoms with E-state index in [1.807, 2.05) is 7.05 Å². The van der Waals surface area contributed by atoms with Gasteiger partial charge in [-0.3, -0.25) is 0 Å². The quantitative estimate of drug-likeness (QED) is 0.608. The highest BCUT2D eigenvalue weighted by molar-refractivity contribution is 7.89. The van der Waals surface area contributed by atoms with Gasteiger partial charge in [-0.15, -0.1) is 0 Å². The van der Waals surface area contributed by atoms with E-state index in [4.69, 9.17) is 0 Å². The molecule has 1 aliphatic rings. The molecule has 0 radical (unpaired) electrons. The lowest BCUT2D eigenvalue weighted by Gasteiger charge is -2.25. The molecule has 1 fully saturated rings. The lowest BCUT2D eigenvalue weighted by atomic mass is 9.86. The maximum Gasteiger partial charge on any atom is 0.211 e. The second-order valence-electron chi connectivity index (χ2n) is 4.27. The zero-order chi connectivity index (χ0) is 11.1. The summed E-state index contributed by atoms with van der Waals surface area (Å²) in [4.78, 5) is 0. The number of nitrogens with one attached hydrogen (secondary N) is 2. The van der Waals surface area contributed by atoms with Crippen molar-refractivity contribution in [3.05, 3.63) is 0 Å². The fraction of sp³-hybridized carbons (Fsp3) is 1.00. The molecule has 90 valence electrons. The minimum Gasteiger partial charge on any atom is -0.320 e. The van der Waals surface area contributed by atoms with Gasteiger partial charge in [-0.2, -0.15) is 0 Å². The summed E-state index contributed by atoms with van der Waals surface area (Å²) >= 11 is 0. The van der Waals surface area contributed by atoms with E-state index in [1.54, 1.807) is 0 Å². The Labute approximate surface area is 92.9 Å². The van der Waals surface area contributed by atoms with Crippen LogP contribution in [0.3, 0.4) is 0 Å². The summed E-state index contributed by atoms with van der Waals surface area (Å²) in [5.74, 6) is 0.860. The monoisotopic (exact) mass is 234 g/mol. The lowest BCUT2D eigenvalue weighted by Crippen LogP contribution is -2.33. The molecule has 0 bridgehead atoms. The standard InChI is InChI=1S/C10H22N2O2S/c1-11-7-2-3-8-15(13,14)12-9-10-5-4-6-10/h10-12H,2-9H2,1H3. The topological polar surface area (TPSA) is 58.2 Å². The number of hydrogen-bond acceptors (Lipinski definition) is 3. The van der Waals surface area contributed by atoms with Gasteiger partial charge in [0.15, 0.2) is 0 Å². The van der Waals surface area contributed by atoms with Gasteiger partial charge >= 0.3 is 0 Å². The van der Waals surface area contributed by atoms with Crippen molar-refractivity contribution in [1.82, 2.24) is 10.0 Å². The van der Waals surface area contributed by atoms with Gasteiger partial charge in [0.25, 0.3) is 0 Å². The van der Waals surface area contributed by atoms with Crippen molar-refractivity contribution in [2.24, 2.45) is 5.92 Å². The second kappa shape index (κ2) is 6.45. The first-order valence-corrected chi connectivity index (χ1v) is 7.41. The minimum absolute atomic E-state index is 0.265. The van der Waals surface area contributed by atoms with Crippen LogP contribution in [0, 0.1) is 5.92 Å². The Kier molecular flexibility index (Phi) is 5.56. The first-order valence-electron chi connectivity index (χ1n) is 5.76. The predicted octanol–water partition coefficient (Wildman–Crippen LogP) is 0.706. The summed E-state index contributed by atoms with van der Waals surface area (Å²) in [6.07, 6.45) is 5.28. The van der Waals surface area contributed by atoms with Gasteiger partial charge in [0.1, 0.15) is 0 Å². The van der Waals surface area contributed by atoms with Crippen molar-refractivity contribution < 1.29 is 8.42 Å². The van der Waals surface area contributed by atoms with E-state index in [1.165, 1.54) is 19.3 Å². The van der Waals surface area contributed by atoms with Crippen LogP contribution in [-0.2, 0) is 10.0 Å². The molecule has 2 N–H and O–H groups in total. The molecule has 4 nitrogen and oxygen atoms in total. The fourth-order valence-corrected chi connectivity index (χ4v) is 2.83. The van der Waals surface area contributed by atoms with E-state index >= 15 is 0 Å². The van der Waals surface area contributed by atoms with Crippen molar-refractivity contribution >= 4 is 10.0 Å². The third-order valence-electron chi connectivity index (χ3n) is 2.91. The molecule has 0 unspecified atom stereocenters. The normalized spacial score (nSPS) is 17.7. The van der Waals surface area contributed by atoms with Gasteiger partial charge in [0.2, 0.25) is 10.0 Å². The second-order valence-corrected chi connectivity index (χ2v) is 6.20. The van der Waals surface area contributed by atoms with Crippen molar-refractivity contribution in [2.45, 2.75) is 32.1 Å². The van der Waals surface area contributed by atoms with Crippen LogP contribution < -0.4 is 10.0 Å². The molecule has 0 atom stereocenters. The Morgan fingerprint density at radius 2 is 2.00 bits per heavy atom. The largest absolute Gasteiger partial charge is 0.320 e. The van der Waals surface area contributed by atoms with Gasteiger partial charge in [0.05, 0.1) is 5.75 Å². The molecule has 0 spiro atoms. The summed E-state index contributed by atoms with van der Waals surface area (Å²) in [5.41, 5.74) is 0. The molecule has 0 aromatic rings. The highest BCUT2D eigenvalue weighted by Gasteiger charge is 2.19. The smallest absolute Gasteiger partial charge is 0.211 e. The Hall–Kier alpha value is -0.130. The van der Waals surface area contributed by atoms with Crippen LogP contribution in [0.1, 0.15) is 32.1 Å². The molecule has 1 aliphatic carbocycles.